The quantitative estimate of drug-likeness (QED) is 0.623. The Morgan fingerprint density at radius 1 is 1.00 bits per heavy atom. The average Bonchev–Trinajstić information content (AvgIpc) is 1.93. The summed E-state index contributed by atoms with van der Waals surface area (Å²) in [7, 11) is -1.33. The minimum absolute atomic E-state index is 0.644. The van der Waals surface area contributed by atoms with Crippen molar-refractivity contribution in [2.45, 2.75) is 0 Å². The highest BCUT2D eigenvalue weighted by atomic mass is 32.3. The van der Waals surface area contributed by atoms with Crippen molar-refractivity contribution in [2.75, 3.05) is 12.5 Å². The van der Waals surface area contributed by atoms with Crippen molar-refractivity contribution in [3.8, 4) is 0 Å². The van der Waals surface area contributed by atoms with Crippen molar-refractivity contribution < 1.29 is 0 Å². The first-order valence-corrected chi connectivity index (χ1v) is 9.02. The summed E-state index contributed by atoms with van der Waals surface area (Å²) in [5, 5.41) is 0. The van der Waals surface area contributed by atoms with Crippen molar-refractivity contribution in [3.63, 3.8) is 0 Å². The van der Waals surface area contributed by atoms with E-state index in [-0.39, 0.29) is 0 Å². The van der Waals surface area contributed by atoms with Crippen LogP contribution in [0.25, 0.3) is 0 Å². The molecule has 74 valence electrons. The Kier molecular flexibility index (Phi) is 2.97. The maximum atomic E-state index is 4.44. The maximum Gasteiger partial charge on any atom is 0.173 e. The minimum Gasteiger partial charge on any atom is -0.151 e. The van der Waals surface area contributed by atoms with E-state index in [1.54, 1.807) is 0 Å². The number of hydrogen-bond donors (Lipinski definition) is 0. The lowest BCUT2D eigenvalue weighted by Crippen LogP contribution is -1.98. The molecule has 3 rings (SSSR count). The van der Waals surface area contributed by atoms with E-state index in [0.717, 1.165) is 23.5 Å². The third-order valence-corrected chi connectivity index (χ3v) is 8.08. The van der Waals surface area contributed by atoms with E-state index in [0.29, 0.717) is 0 Å². The van der Waals surface area contributed by atoms with Gasteiger partial charge in [0.1, 0.15) is 12.1 Å². The van der Waals surface area contributed by atoms with Crippen molar-refractivity contribution in [2.24, 2.45) is 22.6 Å². The van der Waals surface area contributed by atoms with Gasteiger partial charge in [0, 0.05) is 12.5 Å². The molecule has 0 radical (unpaired) electrons. The standard InChI is InChI=1S/C2H6N6S5/c1-13(2)7-11-3-9-4-12(8-13)6-10-5-11/h1-2H3. The SMILES string of the molecule is CS1(C)=NS2=NSN=S(N=S=N2)N=1. The molecule has 0 saturated carbocycles. The van der Waals surface area contributed by atoms with Crippen LogP contribution in [0.4, 0.5) is 0 Å². The predicted octanol–water partition coefficient (Wildman–Crippen LogP) is 2.07. The molecule has 0 N–H and O–H groups in total. The zero-order valence-electron chi connectivity index (χ0n) is 6.72. The average molecular weight is 274 g/mol. The molecule has 0 aliphatic carbocycles. The molecule has 0 saturated heterocycles. The van der Waals surface area contributed by atoms with Gasteiger partial charge in [0.05, 0.1) is 11.4 Å². The molecule has 11 heteroatoms. The first-order valence-electron chi connectivity index (χ1n) is 3.01. The molecule has 3 aliphatic rings. The van der Waals surface area contributed by atoms with Gasteiger partial charge in [-0.2, -0.15) is 7.54 Å². The summed E-state index contributed by atoms with van der Waals surface area (Å²) >= 11 is 0.956. The van der Waals surface area contributed by atoms with Crippen LogP contribution in [-0.2, 0) is 43.1 Å². The summed E-state index contributed by atoms with van der Waals surface area (Å²) in [5.74, 6) is 0. The molecule has 0 amide bonds. The van der Waals surface area contributed by atoms with Gasteiger partial charge in [-0.3, -0.25) is 0 Å². The van der Waals surface area contributed by atoms with Crippen LogP contribution in [0.3, 0.4) is 0 Å². The van der Waals surface area contributed by atoms with E-state index in [9.17, 15) is 0 Å². The Labute approximate surface area is 90.0 Å². The second-order valence-corrected chi connectivity index (χ2v) is 9.65. The summed E-state index contributed by atoms with van der Waals surface area (Å²) in [4.78, 5) is 0. The first kappa shape index (κ1) is 9.96. The van der Waals surface area contributed by atoms with Crippen molar-refractivity contribution in [1.29, 1.82) is 0 Å². The number of fused-ring (bicyclic) bond motifs is 2. The van der Waals surface area contributed by atoms with Gasteiger partial charge < -0.3 is 0 Å². The Morgan fingerprint density at radius 2 is 1.54 bits per heavy atom. The molecule has 13 heavy (non-hydrogen) atoms. The Balaban J connectivity index is 2.75. The van der Waals surface area contributed by atoms with E-state index in [2.05, 4.69) is 22.6 Å². The molecule has 3 heterocycles. The van der Waals surface area contributed by atoms with Crippen molar-refractivity contribution in [3.05, 3.63) is 0 Å². The van der Waals surface area contributed by atoms with Gasteiger partial charge in [-0.15, -0.1) is 15.1 Å². The Morgan fingerprint density at radius 3 is 2.08 bits per heavy atom. The molecule has 0 aromatic carbocycles. The monoisotopic (exact) mass is 274 g/mol. The molecule has 0 fully saturated rings. The van der Waals surface area contributed by atoms with Gasteiger partial charge in [0.2, 0.25) is 0 Å². The fraction of sp³-hybridized carbons (Fsp3) is 1.00. The molecule has 3 aliphatic heterocycles. The van der Waals surface area contributed by atoms with Crippen LogP contribution in [0.2, 0.25) is 0 Å². The lowest BCUT2D eigenvalue weighted by atomic mass is 11.9. The second-order valence-electron chi connectivity index (χ2n) is 2.32. The molecule has 2 bridgehead atoms. The second kappa shape index (κ2) is 3.88. The lowest BCUT2D eigenvalue weighted by Gasteiger charge is -2.05. The van der Waals surface area contributed by atoms with Gasteiger partial charge in [0.15, 0.2) is 22.1 Å². The molecule has 0 aromatic rings. The van der Waals surface area contributed by atoms with E-state index in [4.69, 9.17) is 0 Å². The van der Waals surface area contributed by atoms with Crippen LogP contribution >= 0.6 is 12.1 Å². The lowest BCUT2D eigenvalue weighted by molar-refractivity contribution is 1.73. The van der Waals surface area contributed by atoms with Crippen LogP contribution in [-0.4, -0.2) is 12.5 Å². The summed E-state index contributed by atoms with van der Waals surface area (Å²) in [6.07, 6.45) is 3.99. The third kappa shape index (κ3) is 2.68. The maximum absolute atomic E-state index is 4.44. The highest BCUT2D eigenvalue weighted by molar-refractivity contribution is 8.15. The molecule has 2 unspecified atom stereocenters. The first-order chi connectivity index (χ1) is 6.16. The van der Waals surface area contributed by atoms with E-state index < -0.39 is 31.7 Å². The summed E-state index contributed by atoms with van der Waals surface area (Å²) < 4.78 is 25.4. The van der Waals surface area contributed by atoms with Crippen molar-refractivity contribution >= 4 is 55.2 Å². The fourth-order valence-corrected chi connectivity index (χ4v) is 7.32. The molecule has 6 nitrogen and oxygen atoms in total. The van der Waals surface area contributed by atoms with Gasteiger partial charge in [0.25, 0.3) is 0 Å². The van der Waals surface area contributed by atoms with Crippen LogP contribution in [0, 0.1) is 0 Å². The van der Waals surface area contributed by atoms with Gasteiger partial charge in [-0.1, -0.05) is 0 Å². The van der Waals surface area contributed by atoms with E-state index >= 15 is 0 Å². The van der Waals surface area contributed by atoms with E-state index in [1.165, 1.54) is 0 Å². The van der Waals surface area contributed by atoms with Crippen LogP contribution in [0.15, 0.2) is 22.6 Å². The molecule has 2 atom stereocenters. The normalized spacial score (nSPS) is 34.9. The number of nitrogens with zero attached hydrogens (tertiary/aromatic N) is 6. The van der Waals surface area contributed by atoms with Gasteiger partial charge in [-0.25, -0.2) is 0 Å². The molecular formula is C2H6N6S5. The highest BCUT2D eigenvalue weighted by Gasteiger charge is 2.04. The van der Waals surface area contributed by atoms with Gasteiger partial charge >= 0.3 is 0 Å². The zero-order chi connectivity index (χ0) is 9.31. The van der Waals surface area contributed by atoms with Crippen LogP contribution in [0.1, 0.15) is 0 Å². The van der Waals surface area contributed by atoms with Crippen molar-refractivity contribution in [1.82, 2.24) is 0 Å². The molecular weight excluding hydrogens is 268 g/mol. The summed E-state index contributed by atoms with van der Waals surface area (Å²) in [5.41, 5.74) is 0. The molecule has 0 aromatic heterocycles. The van der Waals surface area contributed by atoms with Crippen LogP contribution < -0.4 is 0 Å². The smallest absolute Gasteiger partial charge is 0.151 e. The molecule has 0 spiro atoms. The number of rotatable bonds is 0. The summed E-state index contributed by atoms with van der Waals surface area (Å²) in [6.45, 7) is 0. The Bertz CT molecular complexity index is 439. The minimum atomic E-state index is -1.33. The zero-order valence-corrected chi connectivity index (χ0v) is 10.8. The highest BCUT2D eigenvalue weighted by Crippen LogP contribution is 2.19. The number of hydrogen-bond acceptors (Lipinski definition) is 7. The fourth-order valence-electron chi connectivity index (χ4n) is 0.568. The van der Waals surface area contributed by atoms with Gasteiger partial charge in [-0.05, 0) is 9.62 Å². The third-order valence-electron chi connectivity index (χ3n) is 0.898. The largest absolute Gasteiger partial charge is 0.173 e. The summed E-state index contributed by atoms with van der Waals surface area (Å²) in [6, 6.07) is 0. The van der Waals surface area contributed by atoms with E-state index in [1.807, 2.05) is 12.5 Å². The predicted molar refractivity (Wildman–Crippen MR) is 63.5 cm³/mol. The van der Waals surface area contributed by atoms with Crippen LogP contribution in [0.5, 0.6) is 0 Å². The Hall–Kier alpha value is 0.420. The topological polar surface area (TPSA) is 74.2 Å².